The Morgan fingerprint density at radius 3 is 1.41 bits per heavy atom. The molecule has 1 aliphatic rings. The van der Waals surface area contributed by atoms with Gasteiger partial charge in [0.1, 0.15) is 0 Å². The molecule has 0 bridgehead atoms. The fraction of sp³-hybridized carbons (Fsp3) is 1.00. The molecule has 0 aromatic carbocycles. The van der Waals surface area contributed by atoms with Crippen LogP contribution in [-0.2, 0) is 9.05 Å². The Balaban J connectivity index is 3.14. The van der Waals surface area contributed by atoms with Crippen molar-refractivity contribution >= 4 is 64.4 Å². The van der Waals surface area contributed by atoms with Crippen LogP contribution in [0.3, 0.4) is 0 Å². The molecular formula is C4H4Cl4F6N3O2P3. The topological polar surface area (TPSA) is 55.5 Å². The van der Waals surface area contributed by atoms with Crippen LogP contribution in [0.4, 0.5) is 26.3 Å². The van der Waals surface area contributed by atoms with Gasteiger partial charge in [0, 0.05) is 0 Å². The minimum absolute atomic E-state index is 1.87. The first kappa shape index (κ1) is 21.4. The second-order valence-corrected chi connectivity index (χ2v) is 14.9. The molecule has 5 nitrogen and oxygen atoms in total. The summed E-state index contributed by atoms with van der Waals surface area (Å²) < 4.78 is 91.4. The lowest BCUT2D eigenvalue weighted by molar-refractivity contribution is -0.152. The van der Waals surface area contributed by atoms with Crippen molar-refractivity contribution in [1.82, 2.24) is 0 Å². The molecule has 0 fully saturated rings. The molecule has 0 amide bonds. The molecule has 132 valence electrons. The zero-order valence-corrected chi connectivity index (χ0v) is 15.4. The average molecular weight is 475 g/mol. The van der Waals surface area contributed by atoms with Gasteiger partial charge < -0.3 is 9.05 Å². The highest BCUT2D eigenvalue weighted by Gasteiger charge is 2.40. The monoisotopic (exact) mass is 473 g/mol. The van der Waals surface area contributed by atoms with Gasteiger partial charge in [0.25, 0.3) is 5.91 Å². The van der Waals surface area contributed by atoms with E-state index < -0.39 is 45.0 Å². The second-order valence-electron chi connectivity index (χ2n) is 3.45. The fourth-order valence-corrected chi connectivity index (χ4v) is 15.5. The number of halogens is 10. The molecule has 18 heteroatoms. The third-order valence-corrected chi connectivity index (χ3v) is 13.1. The van der Waals surface area contributed by atoms with Gasteiger partial charge in [0.05, 0.1) is 0 Å². The number of rotatable bonds is 4. The number of hydrogen-bond donors (Lipinski definition) is 0. The lowest BCUT2D eigenvalue weighted by atomic mass is 10.7. The molecule has 22 heavy (non-hydrogen) atoms. The third kappa shape index (κ3) is 7.95. The van der Waals surface area contributed by atoms with E-state index in [1.807, 2.05) is 0 Å². The zero-order chi connectivity index (χ0) is 17.4. The van der Waals surface area contributed by atoms with E-state index in [1.54, 1.807) is 0 Å². The highest BCUT2D eigenvalue weighted by Crippen LogP contribution is 2.85. The largest absolute Gasteiger partial charge is 0.412 e. The van der Waals surface area contributed by atoms with Crippen LogP contribution in [0.5, 0.6) is 0 Å². The standard InChI is InChI=1S/C4H4Cl4F6N3O2P3/c5-20(6)15-21(7,18-1-3(9,10)11)17-22(8,16-20)19-2-4(12,13)14/h1-2H2/t21-,22-/m0/s1. The van der Waals surface area contributed by atoms with Gasteiger partial charge in [-0.15, -0.1) is 0 Å². The molecule has 0 aliphatic carbocycles. The minimum atomic E-state index is -4.79. The Hall–Kier alpha value is 1.35. The molecule has 0 unspecified atom stereocenters. The van der Waals surface area contributed by atoms with E-state index in [2.05, 4.69) is 22.6 Å². The van der Waals surface area contributed by atoms with E-state index in [0.29, 0.717) is 0 Å². The van der Waals surface area contributed by atoms with Crippen molar-refractivity contribution in [2.24, 2.45) is 13.5 Å². The van der Waals surface area contributed by atoms with Crippen LogP contribution in [0.1, 0.15) is 0 Å². The molecule has 0 radical (unpaired) electrons. The number of hydrogen-bond acceptors (Lipinski definition) is 5. The van der Waals surface area contributed by atoms with Crippen molar-refractivity contribution in [3.63, 3.8) is 0 Å². The predicted octanol–water partition coefficient (Wildman–Crippen LogP) is 7.95. The van der Waals surface area contributed by atoms with Crippen LogP contribution in [0.2, 0.25) is 0 Å². The lowest BCUT2D eigenvalue weighted by Gasteiger charge is -2.24. The molecule has 2 atom stereocenters. The zero-order valence-electron chi connectivity index (χ0n) is 9.69. The van der Waals surface area contributed by atoms with E-state index >= 15 is 0 Å². The Morgan fingerprint density at radius 2 is 1.05 bits per heavy atom. The highest BCUT2D eigenvalue weighted by molar-refractivity contribution is 8.16. The van der Waals surface area contributed by atoms with Gasteiger partial charge in [-0.25, -0.2) is 0 Å². The Morgan fingerprint density at radius 1 is 0.682 bits per heavy atom. The Bertz CT molecular complexity index is 575. The van der Waals surface area contributed by atoms with Gasteiger partial charge >= 0.3 is 25.9 Å². The van der Waals surface area contributed by atoms with E-state index in [1.165, 1.54) is 0 Å². The Labute approximate surface area is 139 Å². The summed E-state index contributed by atoms with van der Waals surface area (Å²) in [5, 5.41) is 0. The molecular weight excluding hydrogens is 471 g/mol. The molecule has 1 aliphatic heterocycles. The van der Waals surface area contributed by atoms with E-state index in [9.17, 15) is 26.3 Å². The van der Waals surface area contributed by atoms with Crippen LogP contribution >= 0.6 is 64.4 Å². The molecule has 0 saturated carbocycles. The summed E-state index contributed by atoms with van der Waals surface area (Å²) in [6.07, 6.45) is -9.58. The number of nitrogens with zero attached hydrogens (tertiary/aromatic N) is 3. The van der Waals surface area contributed by atoms with Crippen LogP contribution < -0.4 is 0 Å². The third-order valence-electron chi connectivity index (χ3n) is 1.44. The summed E-state index contributed by atoms with van der Waals surface area (Å²) >= 11 is 22.4. The summed E-state index contributed by atoms with van der Waals surface area (Å²) in [6.45, 7) is -12.1. The molecule has 0 aromatic heterocycles. The van der Waals surface area contributed by atoms with Gasteiger partial charge in [-0.2, -0.15) is 39.9 Å². The first-order valence-corrected chi connectivity index (χ1v) is 13.2. The molecule has 0 spiro atoms. The van der Waals surface area contributed by atoms with Gasteiger partial charge in [-0.1, -0.05) is 0 Å². The number of alkyl halides is 6. The summed E-state index contributed by atoms with van der Waals surface area (Å²) in [5.41, 5.74) is 0. The molecule has 0 saturated heterocycles. The summed E-state index contributed by atoms with van der Waals surface area (Å²) in [7, 11) is 0. The molecule has 1 heterocycles. The first-order chi connectivity index (χ1) is 9.54. The maximum Gasteiger partial charge on any atom is 0.412 e. The lowest BCUT2D eigenvalue weighted by Crippen LogP contribution is -2.15. The van der Waals surface area contributed by atoms with E-state index in [-0.39, 0.29) is 0 Å². The minimum Gasteiger partial charge on any atom is -0.306 e. The van der Waals surface area contributed by atoms with Gasteiger partial charge in [0.2, 0.25) is 0 Å². The normalized spacial score (nSPS) is 31.9. The smallest absolute Gasteiger partial charge is 0.306 e. The van der Waals surface area contributed by atoms with Crippen molar-refractivity contribution in [1.29, 1.82) is 0 Å². The van der Waals surface area contributed by atoms with Crippen LogP contribution in [0.25, 0.3) is 0 Å². The van der Waals surface area contributed by atoms with Gasteiger partial charge in [-0.3, -0.25) is 0 Å². The van der Waals surface area contributed by atoms with Crippen LogP contribution in [0.15, 0.2) is 13.5 Å². The molecule has 0 aromatic rings. The average Bonchev–Trinajstić information content (AvgIpc) is 2.19. The van der Waals surface area contributed by atoms with Crippen molar-refractivity contribution in [2.75, 3.05) is 13.2 Å². The predicted molar refractivity (Wildman–Crippen MR) is 75.5 cm³/mol. The van der Waals surface area contributed by atoms with E-state index in [4.69, 9.17) is 45.0 Å². The van der Waals surface area contributed by atoms with Crippen LogP contribution in [-0.4, -0.2) is 25.6 Å². The SMILES string of the molecule is FC(F)(F)CO[P@@]1(Cl)=NP(Cl)(Cl)=N[P@](Cl)(OCC(F)(F)F)=N1. The maximum absolute atomic E-state index is 12.1. The van der Waals surface area contributed by atoms with Gasteiger partial charge in [0.15, 0.2) is 13.2 Å². The first-order valence-electron chi connectivity index (χ1n) is 4.66. The Kier molecular flexibility index (Phi) is 6.74. The summed E-state index contributed by atoms with van der Waals surface area (Å²) in [4.78, 5) is 0. The molecule has 1 rings (SSSR count). The van der Waals surface area contributed by atoms with Crippen molar-refractivity contribution in [2.45, 2.75) is 12.4 Å². The van der Waals surface area contributed by atoms with Crippen molar-refractivity contribution in [3.05, 3.63) is 0 Å². The summed E-state index contributed by atoms with van der Waals surface area (Å²) in [5.74, 6) is -3.79. The molecule has 0 N–H and O–H groups in total. The van der Waals surface area contributed by atoms with Gasteiger partial charge in [-0.05, 0) is 45.0 Å². The van der Waals surface area contributed by atoms with Crippen LogP contribution in [0, 0.1) is 0 Å². The van der Waals surface area contributed by atoms with E-state index in [0.717, 1.165) is 0 Å². The van der Waals surface area contributed by atoms with Crippen molar-refractivity contribution in [3.8, 4) is 0 Å². The maximum atomic E-state index is 12.1. The highest BCUT2D eigenvalue weighted by atomic mass is 35.9. The fourth-order valence-electron chi connectivity index (χ4n) is 0.869. The quantitative estimate of drug-likeness (QED) is 0.306. The second kappa shape index (κ2) is 6.93. The van der Waals surface area contributed by atoms with Crippen molar-refractivity contribution < 1.29 is 35.4 Å². The summed E-state index contributed by atoms with van der Waals surface area (Å²) in [6, 6.07) is 0.